The molecule has 2 aromatic heterocycles. The Morgan fingerprint density at radius 2 is 1.96 bits per heavy atom. The second-order valence-corrected chi connectivity index (χ2v) is 5.82. The maximum absolute atomic E-state index is 12.3. The number of nitrogens with zero attached hydrogens (tertiary/aromatic N) is 3. The quantitative estimate of drug-likeness (QED) is 0.742. The molecule has 118 valence electrons. The van der Waals surface area contributed by atoms with Crippen LogP contribution in [0, 0.1) is 13.8 Å². The molecule has 0 aliphatic heterocycles. The van der Waals surface area contributed by atoms with Crippen LogP contribution in [-0.2, 0) is 6.54 Å². The lowest BCUT2D eigenvalue weighted by atomic mass is 10.2. The molecule has 0 bridgehead atoms. The third kappa shape index (κ3) is 3.11. The minimum atomic E-state index is -0.0333. The molecule has 0 spiro atoms. The number of hydrogen-bond acceptors (Lipinski definition) is 3. The van der Waals surface area contributed by atoms with E-state index in [-0.39, 0.29) is 5.56 Å². The van der Waals surface area contributed by atoms with Crippen LogP contribution < -0.4 is 10.5 Å². The number of hydrogen-bond donors (Lipinski definition) is 0. The molecular formula is C19H21N3O. The van der Waals surface area contributed by atoms with Crippen molar-refractivity contribution < 1.29 is 0 Å². The van der Waals surface area contributed by atoms with Crippen molar-refractivity contribution in [3.8, 4) is 0 Å². The average Bonchev–Trinajstić information content (AvgIpc) is 2.54. The number of aryl methyl sites for hydroxylation is 2. The highest BCUT2D eigenvalue weighted by molar-refractivity contribution is 5.50. The molecule has 1 aromatic carbocycles. The van der Waals surface area contributed by atoms with Crippen molar-refractivity contribution in [3.63, 3.8) is 0 Å². The highest BCUT2D eigenvalue weighted by Crippen LogP contribution is 2.18. The number of fused-ring (bicyclic) bond motifs is 1. The molecule has 0 aliphatic rings. The van der Waals surface area contributed by atoms with E-state index in [0.29, 0.717) is 6.54 Å². The van der Waals surface area contributed by atoms with Gasteiger partial charge in [0.05, 0.1) is 12.2 Å². The van der Waals surface area contributed by atoms with E-state index >= 15 is 0 Å². The summed E-state index contributed by atoms with van der Waals surface area (Å²) in [6, 6.07) is 13.9. The first-order valence-corrected chi connectivity index (χ1v) is 7.88. The van der Waals surface area contributed by atoms with Gasteiger partial charge in [0.2, 0.25) is 0 Å². The van der Waals surface area contributed by atoms with Gasteiger partial charge in [-0.25, -0.2) is 4.98 Å². The van der Waals surface area contributed by atoms with Crippen LogP contribution in [0.15, 0.2) is 53.5 Å². The summed E-state index contributed by atoms with van der Waals surface area (Å²) in [5.74, 6) is 0. The van der Waals surface area contributed by atoms with Gasteiger partial charge < -0.3 is 4.90 Å². The van der Waals surface area contributed by atoms with Gasteiger partial charge in [0.15, 0.2) is 0 Å². The molecule has 0 fully saturated rings. The molecule has 3 rings (SSSR count). The Hall–Kier alpha value is -2.62. The van der Waals surface area contributed by atoms with E-state index in [1.54, 1.807) is 16.7 Å². The van der Waals surface area contributed by atoms with Gasteiger partial charge in [-0.1, -0.05) is 18.2 Å². The normalized spacial score (nSPS) is 10.9. The first-order valence-electron chi connectivity index (χ1n) is 7.88. The zero-order valence-corrected chi connectivity index (χ0v) is 13.8. The van der Waals surface area contributed by atoms with Gasteiger partial charge in [0.1, 0.15) is 5.65 Å². The summed E-state index contributed by atoms with van der Waals surface area (Å²) >= 11 is 0. The Morgan fingerprint density at radius 1 is 1.13 bits per heavy atom. The van der Waals surface area contributed by atoms with Crippen LogP contribution in [0.2, 0.25) is 0 Å². The summed E-state index contributed by atoms with van der Waals surface area (Å²) < 4.78 is 1.60. The van der Waals surface area contributed by atoms with Gasteiger partial charge in [-0.15, -0.1) is 0 Å². The third-order valence-electron chi connectivity index (χ3n) is 4.04. The lowest BCUT2D eigenvalue weighted by Crippen LogP contribution is -2.25. The van der Waals surface area contributed by atoms with E-state index in [0.717, 1.165) is 29.1 Å². The fraction of sp³-hybridized carbons (Fsp3) is 0.263. The third-order valence-corrected chi connectivity index (χ3v) is 4.04. The molecule has 3 aromatic rings. The smallest absolute Gasteiger partial charge is 0.258 e. The highest BCUT2D eigenvalue weighted by atomic mass is 16.1. The first-order chi connectivity index (χ1) is 11.1. The molecular weight excluding hydrogens is 286 g/mol. The van der Waals surface area contributed by atoms with Crippen LogP contribution in [0.4, 0.5) is 5.69 Å². The molecule has 0 saturated heterocycles. The molecule has 4 heteroatoms. The fourth-order valence-electron chi connectivity index (χ4n) is 2.80. The Balaban J connectivity index is 2.00. The Morgan fingerprint density at radius 3 is 2.70 bits per heavy atom. The second kappa shape index (κ2) is 6.24. The number of anilines is 1. The fourth-order valence-corrected chi connectivity index (χ4v) is 2.80. The van der Waals surface area contributed by atoms with Crippen LogP contribution in [0.3, 0.4) is 0 Å². The Labute approximate surface area is 136 Å². The van der Waals surface area contributed by atoms with Crippen LogP contribution in [-0.4, -0.2) is 15.9 Å². The van der Waals surface area contributed by atoms with Gasteiger partial charge in [-0.2, -0.15) is 0 Å². The molecule has 0 amide bonds. The molecule has 0 aliphatic carbocycles. The Bertz CT molecular complexity index is 899. The van der Waals surface area contributed by atoms with E-state index in [9.17, 15) is 4.79 Å². The molecule has 23 heavy (non-hydrogen) atoms. The van der Waals surface area contributed by atoms with Crippen molar-refractivity contribution in [2.75, 3.05) is 11.4 Å². The summed E-state index contributed by atoms with van der Waals surface area (Å²) in [6.07, 6.45) is 1.76. The minimum absolute atomic E-state index is 0.0333. The van der Waals surface area contributed by atoms with Gasteiger partial charge in [-0.05, 0) is 50.1 Å². The van der Waals surface area contributed by atoms with Crippen molar-refractivity contribution in [1.29, 1.82) is 0 Å². The van der Waals surface area contributed by atoms with Gasteiger partial charge >= 0.3 is 0 Å². The molecule has 0 saturated carbocycles. The second-order valence-electron chi connectivity index (χ2n) is 5.82. The topological polar surface area (TPSA) is 37.6 Å². The molecule has 4 nitrogen and oxygen atoms in total. The van der Waals surface area contributed by atoms with E-state index in [1.165, 1.54) is 5.56 Å². The van der Waals surface area contributed by atoms with Crippen molar-refractivity contribution >= 4 is 11.3 Å². The van der Waals surface area contributed by atoms with E-state index in [1.807, 2.05) is 19.1 Å². The van der Waals surface area contributed by atoms with Crippen molar-refractivity contribution in [2.45, 2.75) is 27.3 Å². The largest absolute Gasteiger partial charge is 0.366 e. The maximum Gasteiger partial charge on any atom is 0.258 e. The van der Waals surface area contributed by atoms with Crippen LogP contribution in [0.5, 0.6) is 0 Å². The lowest BCUT2D eigenvalue weighted by molar-refractivity contribution is 0.802. The molecule has 2 heterocycles. The summed E-state index contributed by atoms with van der Waals surface area (Å²) in [5.41, 5.74) is 4.88. The predicted octanol–water partition coefficient (Wildman–Crippen LogP) is 3.34. The van der Waals surface area contributed by atoms with Gasteiger partial charge in [0.25, 0.3) is 5.56 Å². The van der Waals surface area contributed by atoms with Gasteiger partial charge in [0, 0.05) is 24.5 Å². The van der Waals surface area contributed by atoms with Crippen LogP contribution in [0.25, 0.3) is 5.65 Å². The summed E-state index contributed by atoms with van der Waals surface area (Å²) in [4.78, 5) is 19.2. The number of rotatable bonds is 4. The molecule has 0 unspecified atom stereocenters. The minimum Gasteiger partial charge on any atom is -0.366 e. The molecule has 0 N–H and O–H groups in total. The summed E-state index contributed by atoms with van der Waals surface area (Å²) in [7, 11) is 0. The van der Waals surface area contributed by atoms with Crippen LogP contribution >= 0.6 is 0 Å². The van der Waals surface area contributed by atoms with E-state index in [2.05, 4.69) is 43.0 Å². The number of pyridine rings is 1. The lowest BCUT2D eigenvalue weighted by Gasteiger charge is -2.23. The zero-order chi connectivity index (χ0) is 16.4. The number of benzene rings is 1. The SMILES string of the molecule is CCN(Cc1cc(=O)n2cccc(C)c2n1)c1cccc(C)c1. The van der Waals surface area contributed by atoms with E-state index in [4.69, 9.17) is 4.98 Å². The highest BCUT2D eigenvalue weighted by Gasteiger charge is 2.09. The first kappa shape index (κ1) is 15.3. The zero-order valence-electron chi connectivity index (χ0n) is 13.8. The summed E-state index contributed by atoms with van der Waals surface area (Å²) in [5, 5.41) is 0. The van der Waals surface area contributed by atoms with Crippen molar-refractivity contribution in [3.05, 3.63) is 75.8 Å². The maximum atomic E-state index is 12.3. The van der Waals surface area contributed by atoms with Gasteiger partial charge in [-0.3, -0.25) is 9.20 Å². The average molecular weight is 307 g/mol. The molecule has 0 radical (unpaired) electrons. The van der Waals surface area contributed by atoms with E-state index < -0.39 is 0 Å². The van der Waals surface area contributed by atoms with Crippen molar-refractivity contribution in [2.24, 2.45) is 0 Å². The Kier molecular flexibility index (Phi) is 4.15. The summed E-state index contributed by atoms with van der Waals surface area (Å²) in [6.45, 7) is 7.66. The van der Waals surface area contributed by atoms with Crippen molar-refractivity contribution in [1.82, 2.24) is 9.38 Å². The molecule has 0 atom stereocenters. The standard InChI is InChI=1S/C19H21N3O/c1-4-21(17-9-5-7-14(2)11-17)13-16-12-18(23)22-10-6-8-15(3)19(22)20-16/h5-12H,4,13H2,1-3H3. The number of aromatic nitrogens is 2. The van der Waals surface area contributed by atoms with Crippen LogP contribution in [0.1, 0.15) is 23.7 Å². The predicted molar refractivity (Wildman–Crippen MR) is 94.1 cm³/mol. The monoisotopic (exact) mass is 307 g/mol.